The number of hydrogen-bond acceptors (Lipinski definition) is 5. The van der Waals surface area contributed by atoms with Crippen molar-refractivity contribution in [1.29, 1.82) is 0 Å². The van der Waals surface area contributed by atoms with Gasteiger partial charge in [0.2, 0.25) is 0 Å². The molecule has 1 aromatic heterocycles. The van der Waals surface area contributed by atoms with E-state index < -0.39 is 0 Å². The summed E-state index contributed by atoms with van der Waals surface area (Å²) >= 11 is 1.44. The summed E-state index contributed by atoms with van der Waals surface area (Å²) in [5, 5.41) is 1.81. The molecule has 1 amide bonds. The van der Waals surface area contributed by atoms with Crippen LogP contribution in [-0.4, -0.2) is 57.9 Å². The lowest BCUT2D eigenvalue weighted by molar-refractivity contribution is 0.0628. The molecule has 2 N–H and O–H groups in total. The highest BCUT2D eigenvalue weighted by Gasteiger charge is 2.16. The largest absolute Gasteiger partial charge is 0.383 e. The van der Waals surface area contributed by atoms with Crippen LogP contribution >= 0.6 is 11.3 Å². The highest BCUT2D eigenvalue weighted by atomic mass is 32.1. The van der Waals surface area contributed by atoms with Crippen molar-refractivity contribution >= 4 is 17.2 Å². The van der Waals surface area contributed by atoms with Crippen molar-refractivity contribution < 1.29 is 14.3 Å². The SMILES string of the molecule is COCCN(CCOC)C(=O)c1csc(C#CCN)c1. The minimum atomic E-state index is -0.0313. The highest BCUT2D eigenvalue weighted by molar-refractivity contribution is 7.10. The van der Waals surface area contributed by atoms with Crippen LogP contribution in [0.4, 0.5) is 0 Å². The molecule has 20 heavy (non-hydrogen) atoms. The van der Waals surface area contributed by atoms with Crippen LogP contribution in [0.5, 0.6) is 0 Å². The number of methoxy groups -OCH3 is 2. The first-order chi connectivity index (χ1) is 9.72. The Kier molecular flexibility index (Phi) is 7.92. The van der Waals surface area contributed by atoms with E-state index in [1.54, 1.807) is 25.2 Å². The summed E-state index contributed by atoms with van der Waals surface area (Å²) in [5.74, 6) is 5.67. The number of rotatable bonds is 7. The molecular weight excluding hydrogens is 276 g/mol. The van der Waals surface area contributed by atoms with E-state index in [2.05, 4.69) is 11.8 Å². The number of thiophene rings is 1. The summed E-state index contributed by atoms with van der Waals surface area (Å²) < 4.78 is 10.1. The Bertz CT molecular complexity index is 468. The van der Waals surface area contributed by atoms with Gasteiger partial charge in [-0.25, -0.2) is 0 Å². The van der Waals surface area contributed by atoms with Crippen LogP contribution in [0.25, 0.3) is 0 Å². The van der Waals surface area contributed by atoms with E-state index in [0.29, 0.717) is 38.4 Å². The van der Waals surface area contributed by atoms with Gasteiger partial charge in [-0.3, -0.25) is 4.79 Å². The summed E-state index contributed by atoms with van der Waals surface area (Å²) in [6, 6.07) is 1.79. The number of carbonyl (C=O) groups excluding carboxylic acids is 1. The molecule has 0 aliphatic rings. The first-order valence-electron chi connectivity index (χ1n) is 6.27. The Morgan fingerprint density at radius 3 is 2.55 bits per heavy atom. The van der Waals surface area contributed by atoms with Crippen LogP contribution in [0.2, 0.25) is 0 Å². The van der Waals surface area contributed by atoms with Gasteiger partial charge in [-0.15, -0.1) is 11.3 Å². The Balaban J connectivity index is 2.74. The van der Waals surface area contributed by atoms with Crippen molar-refractivity contribution in [3.05, 3.63) is 21.9 Å². The Morgan fingerprint density at radius 1 is 1.35 bits per heavy atom. The van der Waals surface area contributed by atoms with Gasteiger partial charge in [-0.1, -0.05) is 11.8 Å². The van der Waals surface area contributed by atoms with E-state index in [0.717, 1.165) is 4.88 Å². The average molecular weight is 296 g/mol. The molecule has 0 unspecified atom stereocenters. The van der Waals surface area contributed by atoms with E-state index >= 15 is 0 Å². The monoisotopic (exact) mass is 296 g/mol. The van der Waals surface area contributed by atoms with Crippen LogP contribution in [-0.2, 0) is 9.47 Å². The Labute approximate surface area is 123 Å². The maximum Gasteiger partial charge on any atom is 0.254 e. The van der Waals surface area contributed by atoms with Crippen molar-refractivity contribution in [3.8, 4) is 11.8 Å². The molecule has 6 heteroatoms. The Morgan fingerprint density at radius 2 is 2.00 bits per heavy atom. The maximum atomic E-state index is 12.4. The van der Waals surface area contributed by atoms with Crippen molar-refractivity contribution in [2.45, 2.75) is 0 Å². The van der Waals surface area contributed by atoms with Crippen LogP contribution in [0.3, 0.4) is 0 Å². The maximum absolute atomic E-state index is 12.4. The van der Waals surface area contributed by atoms with Gasteiger partial charge in [-0.05, 0) is 6.07 Å². The second-order valence-corrected chi connectivity index (χ2v) is 4.89. The van der Waals surface area contributed by atoms with Crippen molar-refractivity contribution in [1.82, 2.24) is 4.90 Å². The molecule has 0 atom stereocenters. The zero-order valence-electron chi connectivity index (χ0n) is 11.8. The van der Waals surface area contributed by atoms with E-state index in [-0.39, 0.29) is 5.91 Å². The first-order valence-corrected chi connectivity index (χ1v) is 7.15. The van der Waals surface area contributed by atoms with Gasteiger partial charge in [0.15, 0.2) is 0 Å². The van der Waals surface area contributed by atoms with Gasteiger partial charge in [-0.2, -0.15) is 0 Å². The lowest BCUT2D eigenvalue weighted by Gasteiger charge is -2.21. The molecule has 0 saturated heterocycles. The first kappa shape index (κ1) is 16.7. The second kappa shape index (κ2) is 9.50. The van der Waals surface area contributed by atoms with E-state index in [4.69, 9.17) is 15.2 Å². The van der Waals surface area contributed by atoms with E-state index in [1.807, 2.05) is 5.38 Å². The normalized spacial score (nSPS) is 9.95. The molecule has 0 saturated carbocycles. The van der Waals surface area contributed by atoms with E-state index in [9.17, 15) is 4.79 Å². The second-order valence-electron chi connectivity index (χ2n) is 3.98. The quantitative estimate of drug-likeness (QED) is 0.756. The van der Waals surface area contributed by atoms with Gasteiger partial charge in [0.1, 0.15) is 0 Å². The van der Waals surface area contributed by atoms with Crippen LogP contribution in [0.1, 0.15) is 15.2 Å². The fraction of sp³-hybridized carbons (Fsp3) is 0.500. The molecule has 5 nitrogen and oxygen atoms in total. The Hall–Kier alpha value is -1.39. The minimum Gasteiger partial charge on any atom is -0.383 e. The average Bonchev–Trinajstić information content (AvgIpc) is 2.93. The third-order valence-corrected chi connectivity index (χ3v) is 3.42. The predicted octanol–water partition coefficient (Wildman–Crippen LogP) is 0.793. The van der Waals surface area contributed by atoms with Gasteiger partial charge in [0.05, 0.1) is 30.2 Å². The lowest BCUT2D eigenvalue weighted by Crippen LogP contribution is -2.36. The molecule has 1 rings (SSSR count). The van der Waals surface area contributed by atoms with Crippen LogP contribution in [0, 0.1) is 11.8 Å². The molecular formula is C14H20N2O3S. The molecule has 0 aromatic carbocycles. The standard InChI is InChI=1S/C14H20N2O3S/c1-18-8-6-16(7-9-19-2)14(17)12-10-13(20-11-12)4-3-5-15/h10-11H,5-9,15H2,1-2H3. The summed E-state index contributed by atoms with van der Waals surface area (Å²) in [6.07, 6.45) is 0. The van der Waals surface area contributed by atoms with Gasteiger partial charge < -0.3 is 20.1 Å². The number of ether oxygens (including phenoxy) is 2. The molecule has 0 aliphatic carbocycles. The molecule has 110 valence electrons. The minimum absolute atomic E-state index is 0.0313. The zero-order valence-corrected chi connectivity index (χ0v) is 12.7. The fourth-order valence-corrected chi connectivity index (χ4v) is 2.30. The summed E-state index contributed by atoms with van der Waals surface area (Å²) in [5.41, 5.74) is 5.97. The third kappa shape index (κ3) is 5.31. The summed E-state index contributed by atoms with van der Waals surface area (Å²) in [7, 11) is 3.23. The van der Waals surface area contributed by atoms with Crippen LogP contribution < -0.4 is 5.73 Å². The smallest absolute Gasteiger partial charge is 0.254 e. The lowest BCUT2D eigenvalue weighted by atomic mass is 10.2. The van der Waals surface area contributed by atoms with Gasteiger partial charge in [0, 0.05) is 32.7 Å². The van der Waals surface area contributed by atoms with Crippen molar-refractivity contribution in [3.63, 3.8) is 0 Å². The van der Waals surface area contributed by atoms with Gasteiger partial charge in [0.25, 0.3) is 5.91 Å². The van der Waals surface area contributed by atoms with Gasteiger partial charge >= 0.3 is 0 Å². The predicted molar refractivity (Wildman–Crippen MR) is 79.9 cm³/mol. The zero-order chi connectivity index (χ0) is 14.8. The fourth-order valence-electron chi connectivity index (χ4n) is 1.55. The third-order valence-electron chi connectivity index (χ3n) is 2.58. The summed E-state index contributed by atoms with van der Waals surface area (Å²) in [4.78, 5) is 15.0. The van der Waals surface area contributed by atoms with Crippen molar-refractivity contribution in [2.24, 2.45) is 5.73 Å². The number of carbonyl (C=O) groups is 1. The molecule has 0 radical (unpaired) electrons. The molecule has 0 spiro atoms. The summed E-state index contributed by atoms with van der Waals surface area (Å²) in [6.45, 7) is 2.39. The number of amides is 1. The van der Waals surface area contributed by atoms with Crippen LogP contribution in [0.15, 0.2) is 11.4 Å². The molecule has 0 fully saturated rings. The molecule has 1 aromatic rings. The molecule has 1 heterocycles. The number of nitrogens with two attached hydrogens (primary N) is 1. The van der Waals surface area contributed by atoms with E-state index in [1.165, 1.54) is 11.3 Å². The molecule has 0 aliphatic heterocycles. The van der Waals surface area contributed by atoms with Crippen molar-refractivity contribution in [2.75, 3.05) is 47.1 Å². The number of hydrogen-bond donors (Lipinski definition) is 1. The topological polar surface area (TPSA) is 64.8 Å². The highest BCUT2D eigenvalue weighted by Crippen LogP contribution is 2.15. The molecule has 0 bridgehead atoms. The number of nitrogens with zero attached hydrogens (tertiary/aromatic N) is 1.